The average Bonchev–Trinajstić information content (AvgIpc) is 2.87. The van der Waals surface area contributed by atoms with Gasteiger partial charge in [-0.3, -0.25) is 0 Å². The van der Waals surface area contributed by atoms with Gasteiger partial charge in [0.15, 0.2) is 0 Å². The number of carboxylic acid groups (broad SMARTS) is 1. The molecule has 0 spiro atoms. The van der Waals surface area contributed by atoms with E-state index < -0.39 is 5.97 Å². The molecule has 0 aliphatic heterocycles. The van der Waals surface area contributed by atoms with Gasteiger partial charge >= 0.3 is 5.97 Å². The van der Waals surface area contributed by atoms with E-state index in [2.05, 4.69) is 0 Å². The summed E-state index contributed by atoms with van der Waals surface area (Å²) in [4.78, 5) is 10.7. The molecule has 0 radical (unpaired) electrons. The quantitative estimate of drug-likeness (QED) is 0.890. The fourth-order valence-corrected chi connectivity index (χ4v) is 1.65. The maximum absolute atomic E-state index is 10.7. The van der Waals surface area contributed by atoms with Crippen molar-refractivity contribution in [3.8, 4) is 5.75 Å². The van der Waals surface area contributed by atoms with Crippen LogP contribution in [0.25, 0.3) is 6.08 Å². The van der Waals surface area contributed by atoms with Gasteiger partial charge in [-0.1, -0.05) is 30.4 Å². The van der Waals surface area contributed by atoms with Gasteiger partial charge in [-0.25, -0.2) is 4.79 Å². The molecule has 0 bridgehead atoms. The second-order valence-electron chi connectivity index (χ2n) is 3.90. The van der Waals surface area contributed by atoms with Crippen LogP contribution < -0.4 is 4.74 Å². The average molecular weight is 258 g/mol. The molecular weight excluding hydrogens is 244 g/mol. The molecule has 19 heavy (non-hydrogen) atoms. The largest absolute Gasteiger partial charge is 0.485 e. The SMILES string of the molecule is CC=Cc1ccccc1OCc1ccc(C(=O)O)o1. The lowest BCUT2D eigenvalue weighted by molar-refractivity contribution is 0.0658. The first-order valence-corrected chi connectivity index (χ1v) is 5.87. The van der Waals surface area contributed by atoms with Gasteiger partial charge in [0, 0.05) is 5.56 Å². The van der Waals surface area contributed by atoms with Gasteiger partial charge in [-0.2, -0.15) is 0 Å². The fourth-order valence-electron chi connectivity index (χ4n) is 1.65. The van der Waals surface area contributed by atoms with Gasteiger partial charge in [0.2, 0.25) is 5.76 Å². The van der Waals surface area contributed by atoms with E-state index in [1.54, 1.807) is 6.07 Å². The van der Waals surface area contributed by atoms with Gasteiger partial charge < -0.3 is 14.3 Å². The van der Waals surface area contributed by atoms with Crippen molar-refractivity contribution in [1.29, 1.82) is 0 Å². The van der Waals surface area contributed by atoms with Crippen molar-refractivity contribution in [3.05, 3.63) is 59.6 Å². The molecule has 4 nitrogen and oxygen atoms in total. The van der Waals surface area contributed by atoms with Gasteiger partial charge in [0.05, 0.1) is 0 Å². The van der Waals surface area contributed by atoms with E-state index in [1.807, 2.05) is 43.3 Å². The van der Waals surface area contributed by atoms with Crippen molar-refractivity contribution in [2.75, 3.05) is 0 Å². The number of rotatable bonds is 5. The summed E-state index contributed by atoms with van der Waals surface area (Å²) < 4.78 is 10.8. The lowest BCUT2D eigenvalue weighted by Crippen LogP contribution is -1.96. The molecule has 0 saturated carbocycles. The number of hydrogen-bond acceptors (Lipinski definition) is 3. The zero-order valence-electron chi connectivity index (χ0n) is 10.5. The number of para-hydroxylation sites is 1. The smallest absolute Gasteiger partial charge is 0.371 e. The summed E-state index contributed by atoms with van der Waals surface area (Å²) in [5.41, 5.74) is 0.968. The number of furan rings is 1. The Bertz CT molecular complexity index is 596. The Kier molecular flexibility index (Phi) is 4.03. The molecule has 0 aliphatic rings. The number of carbonyl (C=O) groups is 1. The van der Waals surface area contributed by atoms with E-state index in [0.29, 0.717) is 5.76 Å². The minimum absolute atomic E-state index is 0.0830. The van der Waals surface area contributed by atoms with E-state index in [4.69, 9.17) is 14.3 Å². The van der Waals surface area contributed by atoms with Crippen molar-refractivity contribution in [3.63, 3.8) is 0 Å². The second kappa shape index (κ2) is 5.91. The molecule has 0 amide bonds. The van der Waals surface area contributed by atoms with Crippen LogP contribution in [-0.2, 0) is 6.61 Å². The Morgan fingerprint density at radius 1 is 1.32 bits per heavy atom. The third-order valence-electron chi connectivity index (χ3n) is 2.51. The van der Waals surface area contributed by atoms with Crippen LogP contribution in [0.3, 0.4) is 0 Å². The number of hydrogen-bond donors (Lipinski definition) is 1. The Balaban J connectivity index is 2.07. The van der Waals surface area contributed by atoms with Crippen LogP contribution in [0.2, 0.25) is 0 Å². The Morgan fingerprint density at radius 2 is 2.11 bits per heavy atom. The molecule has 1 aromatic heterocycles. The normalized spacial score (nSPS) is 10.8. The van der Waals surface area contributed by atoms with E-state index in [9.17, 15) is 4.79 Å². The predicted molar refractivity (Wildman–Crippen MR) is 71.1 cm³/mol. The highest BCUT2D eigenvalue weighted by atomic mass is 16.5. The van der Waals surface area contributed by atoms with Gasteiger partial charge in [-0.15, -0.1) is 0 Å². The number of allylic oxidation sites excluding steroid dienone is 1. The van der Waals surface area contributed by atoms with E-state index >= 15 is 0 Å². The second-order valence-corrected chi connectivity index (χ2v) is 3.90. The zero-order chi connectivity index (χ0) is 13.7. The third kappa shape index (κ3) is 3.25. The highest BCUT2D eigenvalue weighted by Gasteiger charge is 2.09. The van der Waals surface area contributed by atoms with Crippen molar-refractivity contribution in [2.24, 2.45) is 0 Å². The van der Waals surface area contributed by atoms with Gasteiger partial charge in [-0.05, 0) is 25.1 Å². The number of carboxylic acids is 1. The first kappa shape index (κ1) is 13.0. The Labute approximate surface area is 110 Å². The number of benzene rings is 1. The Morgan fingerprint density at radius 3 is 2.79 bits per heavy atom. The summed E-state index contributed by atoms with van der Waals surface area (Å²) in [6.45, 7) is 2.13. The molecule has 1 aromatic carbocycles. The molecule has 0 atom stereocenters. The van der Waals surface area contributed by atoms with Crippen LogP contribution in [0.4, 0.5) is 0 Å². The maximum atomic E-state index is 10.7. The molecule has 0 saturated heterocycles. The summed E-state index contributed by atoms with van der Waals surface area (Å²) in [5.74, 6) is 0.0439. The van der Waals surface area contributed by atoms with Gasteiger partial charge in [0.1, 0.15) is 18.1 Å². The van der Waals surface area contributed by atoms with Crippen LogP contribution in [-0.4, -0.2) is 11.1 Å². The highest BCUT2D eigenvalue weighted by molar-refractivity contribution is 5.84. The first-order chi connectivity index (χ1) is 9.20. The maximum Gasteiger partial charge on any atom is 0.371 e. The molecule has 2 rings (SSSR count). The summed E-state index contributed by atoms with van der Waals surface area (Å²) >= 11 is 0. The molecule has 98 valence electrons. The fraction of sp³-hybridized carbons (Fsp3) is 0.133. The summed E-state index contributed by atoms with van der Waals surface area (Å²) in [5, 5.41) is 8.75. The monoisotopic (exact) mass is 258 g/mol. The standard InChI is InChI=1S/C15H14O4/c1-2-5-11-6-3-4-7-13(11)18-10-12-8-9-14(19-12)15(16)17/h2-9H,10H2,1H3,(H,16,17). The predicted octanol–water partition coefficient (Wildman–Crippen LogP) is 3.59. The zero-order valence-corrected chi connectivity index (χ0v) is 10.5. The number of ether oxygens (including phenoxy) is 1. The van der Waals surface area contributed by atoms with Crippen molar-refractivity contribution >= 4 is 12.0 Å². The molecule has 1 N–H and O–H groups in total. The molecule has 0 fully saturated rings. The van der Waals surface area contributed by atoms with E-state index in [0.717, 1.165) is 11.3 Å². The van der Waals surface area contributed by atoms with Crippen molar-refractivity contribution < 1.29 is 19.1 Å². The highest BCUT2D eigenvalue weighted by Crippen LogP contribution is 2.21. The first-order valence-electron chi connectivity index (χ1n) is 5.87. The van der Waals surface area contributed by atoms with E-state index in [1.165, 1.54) is 6.07 Å². The van der Waals surface area contributed by atoms with E-state index in [-0.39, 0.29) is 12.4 Å². The molecule has 0 aliphatic carbocycles. The van der Waals surface area contributed by atoms with Crippen LogP contribution >= 0.6 is 0 Å². The van der Waals surface area contributed by atoms with Crippen LogP contribution in [0, 0.1) is 0 Å². The van der Waals surface area contributed by atoms with Gasteiger partial charge in [0.25, 0.3) is 0 Å². The lowest BCUT2D eigenvalue weighted by atomic mass is 10.2. The number of aromatic carboxylic acids is 1. The summed E-state index contributed by atoms with van der Waals surface area (Å²) in [6.07, 6.45) is 3.87. The van der Waals surface area contributed by atoms with Crippen molar-refractivity contribution in [1.82, 2.24) is 0 Å². The lowest BCUT2D eigenvalue weighted by Gasteiger charge is -2.07. The minimum Gasteiger partial charge on any atom is -0.485 e. The third-order valence-corrected chi connectivity index (χ3v) is 2.51. The summed E-state index contributed by atoms with van der Waals surface area (Å²) in [6, 6.07) is 10.6. The van der Waals surface area contributed by atoms with Crippen LogP contribution in [0.15, 0.2) is 46.9 Å². The summed E-state index contributed by atoms with van der Waals surface area (Å²) in [7, 11) is 0. The minimum atomic E-state index is -1.08. The van der Waals surface area contributed by atoms with Crippen LogP contribution in [0.1, 0.15) is 28.8 Å². The van der Waals surface area contributed by atoms with Crippen LogP contribution in [0.5, 0.6) is 5.75 Å². The molecular formula is C15H14O4. The Hall–Kier alpha value is -2.49. The molecule has 0 unspecified atom stereocenters. The van der Waals surface area contributed by atoms with Crippen molar-refractivity contribution in [2.45, 2.75) is 13.5 Å². The molecule has 1 heterocycles. The topological polar surface area (TPSA) is 59.7 Å². The molecule has 2 aromatic rings. The molecule has 4 heteroatoms.